The second kappa shape index (κ2) is 10.7. The van der Waals surface area contributed by atoms with Crippen molar-refractivity contribution in [3.8, 4) is 0 Å². The molecular formula is C23H36IN5O. The molecule has 6 nitrogen and oxygen atoms in total. The molecule has 3 fully saturated rings. The summed E-state index contributed by atoms with van der Waals surface area (Å²) >= 11 is 0. The molecule has 2 heterocycles. The zero-order valence-electron chi connectivity index (χ0n) is 18.2. The van der Waals surface area contributed by atoms with Gasteiger partial charge >= 0.3 is 0 Å². The first kappa shape index (κ1) is 23.2. The number of rotatable bonds is 4. The third-order valence-corrected chi connectivity index (χ3v) is 6.74. The Labute approximate surface area is 197 Å². The van der Waals surface area contributed by atoms with Crippen LogP contribution >= 0.6 is 24.0 Å². The molecule has 1 spiro atoms. The molecule has 1 amide bonds. The highest BCUT2D eigenvalue weighted by molar-refractivity contribution is 14.0. The Bertz CT molecular complexity index is 730. The molecule has 2 aliphatic heterocycles. The van der Waals surface area contributed by atoms with Crippen molar-refractivity contribution in [1.29, 1.82) is 0 Å². The van der Waals surface area contributed by atoms with E-state index in [1.165, 1.54) is 44.1 Å². The average Bonchev–Trinajstić information content (AvgIpc) is 3.15. The number of amides is 1. The van der Waals surface area contributed by atoms with Gasteiger partial charge in [0.05, 0.1) is 13.1 Å². The maximum Gasteiger partial charge on any atom is 0.239 e. The van der Waals surface area contributed by atoms with Gasteiger partial charge in [-0.05, 0) is 49.3 Å². The van der Waals surface area contributed by atoms with Crippen LogP contribution in [0.4, 0.5) is 5.69 Å². The lowest BCUT2D eigenvalue weighted by atomic mass is 9.73. The van der Waals surface area contributed by atoms with Gasteiger partial charge in [0, 0.05) is 38.4 Å². The topological polar surface area (TPSA) is 60.0 Å². The van der Waals surface area contributed by atoms with E-state index < -0.39 is 0 Å². The smallest absolute Gasteiger partial charge is 0.239 e. The van der Waals surface area contributed by atoms with E-state index in [1.807, 2.05) is 0 Å². The number of carbonyl (C=O) groups excluding carboxylic acids is 1. The molecule has 0 radical (unpaired) electrons. The van der Waals surface area contributed by atoms with Crippen LogP contribution in [-0.4, -0.2) is 56.0 Å². The van der Waals surface area contributed by atoms with Crippen molar-refractivity contribution >= 4 is 41.5 Å². The number of anilines is 1. The fourth-order valence-corrected chi connectivity index (χ4v) is 5.09. The van der Waals surface area contributed by atoms with Crippen molar-refractivity contribution in [3.63, 3.8) is 0 Å². The zero-order valence-corrected chi connectivity index (χ0v) is 20.5. The fraction of sp³-hybridized carbons (Fsp3) is 0.652. The molecule has 0 bridgehead atoms. The number of aliphatic imine (C=N–C) groups is 1. The van der Waals surface area contributed by atoms with Gasteiger partial charge in [0.1, 0.15) is 0 Å². The van der Waals surface area contributed by atoms with Crippen molar-refractivity contribution in [2.45, 2.75) is 52.0 Å². The van der Waals surface area contributed by atoms with Crippen LogP contribution in [0.25, 0.3) is 0 Å². The maximum absolute atomic E-state index is 11.6. The van der Waals surface area contributed by atoms with E-state index in [0.717, 1.165) is 37.8 Å². The molecule has 1 aromatic carbocycles. The molecule has 7 heteroatoms. The second-order valence-corrected chi connectivity index (χ2v) is 8.84. The minimum atomic E-state index is 0. The number of hydrogen-bond acceptors (Lipinski definition) is 3. The van der Waals surface area contributed by atoms with Crippen LogP contribution in [0.1, 0.15) is 51.0 Å². The van der Waals surface area contributed by atoms with Crippen LogP contribution in [0.3, 0.4) is 0 Å². The first-order valence-electron chi connectivity index (χ1n) is 11.3. The molecule has 0 unspecified atom stereocenters. The summed E-state index contributed by atoms with van der Waals surface area (Å²) in [7, 11) is 0. The van der Waals surface area contributed by atoms with Crippen LogP contribution in [-0.2, 0) is 11.3 Å². The molecule has 2 saturated heterocycles. The van der Waals surface area contributed by atoms with Gasteiger partial charge in [0.15, 0.2) is 5.96 Å². The van der Waals surface area contributed by atoms with Crippen molar-refractivity contribution in [3.05, 3.63) is 29.8 Å². The molecule has 3 aliphatic rings. The first-order valence-corrected chi connectivity index (χ1v) is 11.3. The second-order valence-electron chi connectivity index (χ2n) is 8.84. The standard InChI is InChI=1S/C23H35N5O.HI/c1-2-24-22(28-14-12-23(18-28)10-4-3-5-11-23)26-16-19-6-8-20(9-7-19)27-15-13-25-21(29)17-27;/h6-9H,2-5,10-18H2,1H3,(H,24,26)(H,25,29);1H. The molecule has 166 valence electrons. The number of nitrogens with one attached hydrogen (secondary N) is 2. The van der Waals surface area contributed by atoms with E-state index >= 15 is 0 Å². The Kier molecular flexibility index (Phi) is 8.25. The lowest BCUT2D eigenvalue weighted by Crippen LogP contribution is -2.47. The largest absolute Gasteiger partial charge is 0.360 e. The van der Waals surface area contributed by atoms with Crippen LogP contribution in [0.2, 0.25) is 0 Å². The number of benzene rings is 1. The highest BCUT2D eigenvalue weighted by Crippen LogP contribution is 2.43. The molecule has 1 aliphatic carbocycles. The predicted octanol–water partition coefficient (Wildman–Crippen LogP) is 3.36. The van der Waals surface area contributed by atoms with E-state index in [1.54, 1.807) is 0 Å². The van der Waals surface area contributed by atoms with Gasteiger partial charge in [-0.15, -0.1) is 24.0 Å². The normalized spacial score (nSPS) is 21.4. The number of guanidine groups is 1. The Morgan fingerprint density at radius 3 is 2.60 bits per heavy atom. The maximum atomic E-state index is 11.6. The third-order valence-electron chi connectivity index (χ3n) is 6.74. The van der Waals surface area contributed by atoms with Gasteiger partial charge in [0.25, 0.3) is 0 Å². The van der Waals surface area contributed by atoms with E-state index in [2.05, 4.69) is 51.6 Å². The average molecular weight is 525 g/mol. The summed E-state index contributed by atoms with van der Waals surface area (Å²) in [5.74, 6) is 1.16. The van der Waals surface area contributed by atoms with Gasteiger partial charge in [0.2, 0.25) is 5.91 Å². The Morgan fingerprint density at radius 2 is 1.90 bits per heavy atom. The molecule has 30 heavy (non-hydrogen) atoms. The van der Waals surface area contributed by atoms with Crippen LogP contribution in [0, 0.1) is 5.41 Å². The quantitative estimate of drug-likeness (QED) is 0.360. The summed E-state index contributed by atoms with van der Waals surface area (Å²) in [6, 6.07) is 8.51. The Morgan fingerprint density at radius 1 is 1.13 bits per heavy atom. The Balaban J connectivity index is 0.00000256. The highest BCUT2D eigenvalue weighted by Gasteiger charge is 2.39. The molecule has 0 aromatic heterocycles. The summed E-state index contributed by atoms with van der Waals surface area (Å²) in [6.07, 6.45) is 8.29. The summed E-state index contributed by atoms with van der Waals surface area (Å²) in [5.41, 5.74) is 2.85. The highest BCUT2D eigenvalue weighted by atomic mass is 127. The lowest BCUT2D eigenvalue weighted by molar-refractivity contribution is -0.120. The SMILES string of the molecule is CCNC(=NCc1ccc(N2CCNC(=O)C2)cc1)N1CCC2(CCCCC2)C1.I. The van der Waals surface area contributed by atoms with E-state index in [4.69, 9.17) is 4.99 Å². The number of likely N-dealkylation sites (tertiary alicyclic amines) is 1. The minimum absolute atomic E-state index is 0. The van der Waals surface area contributed by atoms with Crippen molar-refractivity contribution < 1.29 is 4.79 Å². The fourth-order valence-electron chi connectivity index (χ4n) is 5.09. The lowest BCUT2D eigenvalue weighted by Gasteiger charge is -2.33. The number of nitrogens with zero attached hydrogens (tertiary/aromatic N) is 3. The van der Waals surface area contributed by atoms with E-state index in [0.29, 0.717) is 25.0 Å². The summed E-state index contributed by atoms with van der Waals surface area (Å²) in [4.78, 5) is 21.2. The zero-order chi connectivity index (χ0) is 20.1. The minimum Gasteiger partial charge on any atom is -0.360 e. The molecule has 0 atom stereocenters. The van der Waals surface area contributed by atoms with E-state index in [9.17, 15) is 4.79 Å². The van der Waals surface area contributed by atoms with Crippen molar-refractivity contribution in [1.82, 2.24) is 15.5 Å². The number of piperazine rings is 1. The summed E-state index contributed by atoms with van der Waals surface area (Å²) in [5, 5.41) is 6.38. The van der Waals surface area contributed by atoms with Crippen LogP contribution in [0.5, 0.6) is 0 Å². The van der Waals surface area contributed by atoms with Gasteiger partial charge in [-0.3, -0.25) is 4.79 Å². The Hall–Kier alpha value is -1.51. The van der Waals surface area contributed by atoms with Crippen molar-refractivity contribution in [2.75, 3.05) is 44.2 Å². The number of carbonyl (C=O) groups is 1. The number of hydrogen-bond donors (Lipinski definition) is 2. The van der Waals surface area contributed by atoms with Gasteiger partial charge in [-0.25, -0.2) is 4.99 Å². The van der Waals surface area contributed by atoms with Crippen LogP contribution in [0.15, 0.2) is 29.3 Å². The molecule has 4 rings (SSSR count). The van der Waals surface area contributed by atoms with Crippen LogP contribution < -0.4 is 15.5 Å². The number of halogens is 1. The predicted molar refractivity (Wildman–Crippen MR) is 134 cm³/mol. The van der Waals surface area contributed by atoms with Gasteiger partial charge in [-0.2, -0.15) is 0 Å². The third kappa shape index (κ3) is 5.59. The van der Waals surface area contributed by atoms with E-state index in [-0.39, 0.29) is 29.9 Å². The monoisotopic (exact) mass is 525 g/mol. The molecule has 1 aromatic rings. The van der Waals surface area contributed by atoms with Crippen molar-refractivity contribution in [2.24, 2.45) is 10.4 Å². The summed E-state index contributed by atoms with van der Waals surface area (Å²) in [6.45, 7) is 8.05. The van der Waals surface area contributed by atoms with Gasteiger partial charge in [-0.1, -0.05) is 31.4 Å². The molecular weight excluding hydrogens is 489 g/mol. The summed E-state index contributed by atoms with van der Waals surface area (Å²) < 4.78 is 0. The molecule has 1 saturated carbocycles. The first-order chi connectivity index (χ1) is 14.2. The van der Waals surface area contributed by atoms with Gasteiger partial charge < -0.3 is 20.4 Å². The molecule has 2 N–H and O–H groups in total.